The highest BCUT2D eigenvalue weighted by molar-refractivity contribution is 6.35. The Morgan fingerprint density at radius 3 is 2.66 bits per heavy atom. The molecule has 3 aliphatic rings. The zero-order valence-corrected chi connectivity index (χ0v) is 29.1. The van der Waals surface area contributed by atoms with E-state index in [9.17, 15) is 19.5 Å². The molecule has 13 heteroatoms. The summed E-state index contributed by atoms with van der Waals surface area (Å²) in [5, 5.41) is 14.3. The third-order valence-corrected chi connectivity index (χ3v) is 9.40. The molecule has 0 aromatic heterocycles. The number of alkyl carbamates (subject to hydrolysis) is 1. The molecule has 7 atom stereocenters. The maximum atomic E-state index is 13.9. The number of methoxy groups -OCH3 is 2. The molecular formula is C34H46ClN3O9. The van der Waals surface area contributed by atoms with Crippen molar-refractivity contribution in [2.45, 2.75) is 88.6 Å². The van der Waals surface area contributed by atoms with Crippen LogP contribution in [-0.2, 0) is 35.0 Å². The van der Waals surface area contributed by atoms with Crippen LogP contribution >= 0.6 is 11.6 Å². The van der Waals surface area contributed by atoms with Gasteiger partial charge in [0.2, 0.25) is 5.91 Å². The van der Waals surface area contributed by atoms with Gasteiger partial charge in [-0.2, -0.15) is 0 Å². The number of hydrogen-bond donors (Lipinski definition) is 2. The third kappa shape index (κ3) is 8.39. The highest BCUT2D eigenvalue weighted by atomic mass is 35.5. The van der Waals surface area contributed by atoms with E-state index in [2.05, 4.69) is 17.2 Å². The van der Waals surface area contributed by atoms with Crippen LogP contribution in [0.1, 0.15) is 52.0 Å². The monoisotopic (exact) mass is 675 g/mol. The predicted octanol–water partition coefficient (Wildman–Crippen LogP) is 3.46. The molecule has 0 saturated carbocycles. The Morgan fingerprint density at radius 2 is 2.00 bits per heavy atom. The fraction of sp³-hybridized carbons (Fsp3) is 0.618. The molecule has 4 rings (SSSR count). The van der Waals surface area contributed by atoms with E-state index in [0.29, 0.717) is 30.8 Å². The standard InChI is InChI=1S/C34H46ClN3O9/c1-20-11-9-12-26(44-8)34(42)19-25(45-32(41)36-34)21(2)31-33(3,47-31)27(46-29(40)13-10-14-37(4)5)18-28(39)38(6)23-16-22(15-20)17-24(43-7)30(23)35/h11,16-17,21,25-27,31,42H,10,13-15,18-19H2,1-8H3,(H,36,41)/b20-11+. The first-order chi connectivity index (χ1) is 22.1. The van der Waals surface area contributed by atoms with E-state index in [1.807, 2.05) is 32.8 Å². The van der Waals surface area contributed by atoms with Crippen LogP contribution in [0.5, 0.6) is 5.75 Å². The minimum atomic E-state index is -1.86. The molecule has 258 valence electrons. The maximum absolute atomic E-state index is 13.9. The van der Waals surface area contributed by atoms with Gasteiger partial charge in [-0.05, 0) is 71.1 Å². The van der Waals surface area contributed by atoms with Gasteiger partial charge in [-0.3, -0.25) is 14.9 Å². The van der Waals surface area contributed by atoms with Gasteiger partial charge in [-0.25, -0.2) is 4.79 Å². The van der Waals surface area contributed by atoms with Crippen LogP contribution in [-0.4, -0.2) is 106 Å². The van der Waals surface area contributed by atoms with E-state index in [-0.39, 0.29) is 30.2 Å². The first kappa shape index (κ1) is 36.5. The maximum Gasteiger partial charge on any atom is 0.409 e. The topological polar surface area (TPSA) is 139 Å². The second kappa shape index (κ2) is 14.8. The van der Waals surface area contributed by atoms with E-state index in [1.54, 1.807) is 32.2 Å². The Balaban J connectivity index is 1.76. The van der Waals surface area contributed by atoms with Gasteiger partial charge in [-0.15, -0.1) is 0 Å². The number of aliphatic hydroxyl groups is 1. The molecule has 2 amide bonds. The molecule has 2 saturated heterocycles. The van der Waals surface area contributed by atoms with Crippen LogP contribution in [0.15, 0.2) is 23.8 Å². The van der Waals surface area contributed by atoms with Crippen molar-refractivity contribution in [1.29, 1.82) is 0 Å². The lowest BCUT2D eigenvalue weighted by Crippen LogP contribution is -2.63. The largest absolute Gasteiger partial charge is 0.495 e. The molecule has 0 aliphatic carbocycles. The van der Waals surface area contributed by atoms with Crippen LogP contribution in [0.25, 0.3) is 0 Å². The number of carbonyl (C=O) groups excluding carboxylic acids is 3. The zero-order chi connectivity index (χ0) is 34.7. The van der Waals surface area contributed by atoms with Crippen molar-refractivity contribution in [3.63, 3.8) is 0 Å². The Labute approximate surface area is 281 Å². The average Bonchev–Trinajstić information content (AvgIpc) is 3.70. The first-order valence-corrected chi connectivity index (χ1v) is 16.0. The molecule has 1 aromatic carbocycles. The molecule has 12 nitrogen and oxygen atoms in total. The summed E-state index contributed by atoms with van der Waals surface area (Å²) in [5.74, 6) is 4.98. The number of amides is 2. The molecule has 2 fully saturated rings. The number of nitrogens with one attached hydrogen (secondary N) is 1. The van der Waals surface area contributed by atoms with Gasteiger partial charge in [0.1, 0.15) is 28.6 Å². The molecule has 0 radical (unpaired) electrons. The highest BCUT2D eigenvalue weighted by Gasteiger charge is 2.64. The quantitative estimate of drug-likeness (QED) is 0.251. The van der Waals surface area contributed by atoms with Gasteiger partial charge in [-0.1, -0.05) is 35.9 Å². The summed E-state index contributed by atoms with van der Waals surface area (Å²) in [7, 11) is 8.34. The Hall–Kier alpha value is -3.34. The van der Waals surface area contributed by atoms with E-state index < -0.39 is 53.7 Å². The summed E-state index contributed by atoms with van der Waals surface area (Å²) in [6.07, 6.45) is -1.63. The van der Waals surface area contributed by atoms with Crippen LogP contribution in [0.2, 0.25) is 5.02 Å². The van der Waals surface area contributed by atoms with Gasteiger partial charge in [0, 0.05) is 32.9 Å². The van der Waals surface area contributed by atoms with Crippen molar-refractivity contribution in [3.8, 4) is 17.6 Å². The van der Waals surface area contributed by atoms with E-state index in [0.717, 1.165) is 11.1 Å². The molecular weight excluding hydrogens is 630 g/mol. The summed E-state index contributed by atoms with van der Waals surface area (Å²) >= 11 is 6.71. The SMILES string of the molecule is COc1cc2cc(c1Cl)N(C)C(=O)CC(OC(=O)CCCN(C)C)C1(C)OC1C(C)C1CC(O)(NC(=O)O1)C(OC)C#C/C=C(\C)C2. The number of carbonyl (C=O) groups is 3. The van der Waals surface area contributed by atoms with Crippen LogP contribution < -0.4 is 15.0 Å². The van der Waals surface area contributed by atoms with Gasteiger partial charge < -0.3 is 38.6 Å². The Morgan fingerprint density at radius 1 is 1.28 bits per heavy atom. The smallest absolute Gasteiger partial charge is 0.409 e. The molecule has 1 aromatic rings. The molecule has 3 heterocycles. The summed E-state index contributed by atoms with van der Waals surface area (Å²) in [6, 6.07) is 3.60. The zero-order valence-electron chi connectivity index (χ0n) is 28.3. The predicted molar refractivity (Wildman–Crippen MR) is 175 cm³/mol. The van der Waals surface area contributed by atoms with E-state index in [1.165, 1.54) is 19.1 Å². The number of halogens is 1. The van der Waals surface area contributed by atoms with Gasteiger partial charge in [0.15, 0.2) is 11.8 Å². The number of fused-ring (bicyclic) bond motifs is 5. The van der Waals surface area contributed by atoms with Crippen molar-refractivity contribution < 1.29 is 43.2 Å². The third-order valence-electron chi connectivity index (χ3n) is 9.02. The molecule has 0 spiro atoms. The summed E-state index contributed by atoms with van der Waals surface area (Å²) in [6.45, 7) is 6.17. The van der Waals surface area contributed by atoms with Crippen molar-refractivity contribution in [2.75, 3.05) is 46.8 Å². The van der Waals surface area contributed by atoms with Gasteiger partial charge in [0.25, 0.3) is 0 Å². The van der Waals surface area contributed by atoms with Crippen LogP contribution in [0.4, 0.5) is 10.5 Å². The molecule has 2 N–H and O–H groups in total. The van der Waals surface area contributed by atoms with Crippen LogP contribution in [0, 0.1) is 17.8 Å². The van der Waals surface area contributed by atoms with Gasteiger partial charge in [0.05, 0.1) is 25.3 Å². The number of esters is 1. The average molecular weight is 676 g/mol. The Kier molecular flexibility index (Phi) is 11.5. The molecule has 4 bridgehead atoms. The van der Waals surface area contributed by atoms with Crippen molar-refractivity contribution >= 4 is 35.3 Å². The van der Waals surface area contributed by atoms with Gasteiger partial charge >= 0.3 is 12.1 Å². The minimum Gasteiger partial charge on any atom is -0.495 e. The number of anilines is 1. The fourth-order valence-electron chi connectivity index (χ4n) is 6.20. The first-order valence-electron chi connectivity index (χ1n) is 15.7. The van der Waals surface area contributed by atoms with E-state index >= 15 is 0 Å². The summed E-state index contributed by atoms with van der Waals surface area (Å²) < 4.78 is 28.9. The molecule has 7 unspecified atom stereocenters. The molecule has 47 heavy (non-hydrogen) atoms. The summed E-state index contributed by atoms with van der Waals surface area (Å²) in [4.78, 5) is 43.1. The normalized spacial score (nSPS) is 32.2. The number of ether oxygens (including phenoxy) is 5. The van der Waals surface area contributed by atoms with Crippen molar-refractivity contribution in [3.05, 3.63) is 34.4 Å². The second-order valence-electron chi connectivity index (χ2n) is 13.0. The lowest BCUT2D eigenvalue weighted by Gasteiger charge is -2.41. The number of rotatable bonds is 7. The van der Waals surface area contributed by atoms with Crippen molar-refractivity contribution in [1.82, 2.24) is 10.2 Å². The number of hydrogen-bond acceptors (Lipinski definition) is 10. The van der Waals surface area contributed by atoms with Crippen molar-refractivity contribution in [2.24, 2.45) is 5.92 Å². The van der Waals surface area contributed by atoms with Crippen LogP contribution in [0.3, 0.4) is 0 Å². The number of benzene rings is 1. The Bertz CT molecular complexity index is 1460. The fourth-order valence-corrected chi connectivity index (χ4v) is 6.51. The number of nitrogens with zero attached hydrogens (tertiary/aromatic N) is 2. The number of allylic oxidation sites excluding steroid dienone is 2. The minimum absolute atomic E-state index is 0.0491. The lowest BCUT2D eigenvalue weighted by molar-refractivity contribution is -0.154. The molecule has 3 aliphatic heterocycles. The number of epoxide rings is 1. The van der Waals surface area contributed by atoms with E-state index in [4.69, 9.17) is 35.3 Å². The summed E-state index contributed by atoms with van der Waals surface area (Å²) in [5.41, 5.74) is -0.835. The highest BCUT2D eigenvalue weighted by Crippen LogP contribution is 2.49. The lowest BCUT2D eigenvalue weighted by atomic mass is 9.84. The second-order valence-corrected chi connectivity index (χ2v) is 13.4.